The molecule has 0 aromatic rings. The molecule has 0 amide bonds. The molecule has 0 aromatic carbocycles. The summed E-state index contributed by atoms with van der Waals surface area (Å²) in [6.07, 6.45) is 86.4. The number of esters is 4. The zero-order valence-corrected chi connectivity index (χ0v) is 77.7. The molecule has 0 aliphatic heterocycles. The summed E-state index contributed by atoms with van der Waals surface area (Å²) in [5.41, 5.74) is 0. The zero-order chi connectivity index (χ0) is 84.0. The Morgan fingerprint density at radius 1 is 0.235 bits per heavy atom. The van der Waals surface area contributed by atoms with Crippen molar-refractivity contribution >= 4 is 39.5 Å². The first-order chi connectivity index (χ1) is 56.0. The molecule has 5 atom stereocenters. The number of phosphoric acid groups is 2. The lowest BCUT2D eigenvalue weighted by atomic mass is 10.0. The van der Waals surface area contributed by atoms with Crippen LogP contribution in [0, 0.1) is 5.92 Å². The van der Waals surface area contributed by atoms with Gasteiger partial charge in [-0.05, 0) is 31.6 Å². The predicted molar refractivity (Wildman–Crippen MR) is 479 cm³/mol. The van der Waals surface area contributed by atoms with Crippen molar-refractivity contribution in [3.05, 3.63) is 0 Å². The highest BCUT2D eigenvalue weighted by atomic mass is 31.2. The molecule has 0 saturated carbocycles. The smallest absolute Gasteiger partial charge is 0.462 e. The van der Waals surface area contributed by atoms with Crippen LogP contribution in [0.5, 0.6) is 0 Å². The minimum absolute atomic E-state index is 0.110. The summed E-state index contributed by atoms with van der Waals surface area (Å²) >= 11 is 0. The first kappa shape index (κ1) is 113. The molecule has 0 heterocycles. The number of aliphatic hydroxyl groups excluding tert-OH is 1. The molecule has 0 spiro atoms. The second-order valence-electron chi connectivity index (χ2n) is 34.9. The fourth-order valence-electron chi connectivity index (χ4n) is 15.2. The summed E-state index contributed by atoms with van der Waals surface area (Å²) in [5.74, 6) is -1.26. The Kier molecular flexibility index (Phi) is 86.9. The van der Waals surface area contributed by atoms with Gasteiger partial charge in [-0.1, -0.05) is 478 Å². The van der Waals surface area contributed by atoms with Crippen molar-refractivity contribution in [3.63, 3.8) is 0 Å². The summed E-state index contributed by atoms with van der Waals surface area (Å²) < 4.78 is 69.2. The van der Waals surface area contributed by atoms with Crippen molar-refractivity contribution in [2.75, 3.05) is 39.6 Å². The highest BCUT2D eigenvalue weighted by molar-refractivity contribution is 7.47. The van der Waals surface area contributed by atoms with Gasteiger partial charge >= 0.3 is 39.5 Å². The third-order valence-corrected chi connectivity index (χ3v) is 24.7. The van der Waals surface area contributed by atoms with Crippen LogP contribution in [0.2, 0.25) is 0 Å². The summed E-state index contributed by atoms with van der Waals surface area (Å²) in [6.45, 7) is 7.45. The second kappa shape index (κ2) is 88.4. The molecule has 115 heavy (non-hydrogen) atoms. The molecule has 0 saturated heterocycles. The number of aliphatic hydroxyl groups is 1. The molecule has 0 fully saturated rings. The number of carbonyl (C=O) groups is 4. The van der Waals surface area contributed by atoms with Crippen LogP contribution < -0.4 is 0 Å². The summed E-state index contributed by atoms with van der Waals surface area (Å²) in [6, 6.07) is 0. The van der Waals surface area contributed by atoms with Crippen LogP contribution in [0.4, 0.5) is 0 Å². The zero-order valence-electron chi connectivity index (χ0n) is 76.0. The fourth-order valence-corrected chi connectivity index (χ4v) is 16.8. The van der Waals surface area contributed by atoms with Crippen LogP contribution in [0.25, 0.3) is 0 Å². The van der Waals surface area contributed by atoms with Crippen molar-refractivity contribution < 1.29 is 80.2 Å². The molecule has 0 aliphatic rings. The van der Waals surface area contributed by atoms with Crippen molar-refractivity contribution in [1.29, 1.82) is 0 Å². The Hall–Kier alpha value is -1.94. The Balaban J connectivity index is 5.21. The number of carbonyl (C=O) groups excluding carboxylic acids is 4. The van der Waals surface area contributed by atoms with E-state index in [2.05, 4.69) is 34.6 Å². The van der Waals surface area contributed by atoms with E-state index in [1.807, 2.05) is 0 Å². The summed E-state index contributed by atoms with van der Waals surface area (Å²) in [4.78, 5) is 73.6. The molecule has 0 aliphatic carbocycles. The minimum Gasteiger partial charge on any atom is -0.462 e. The van der Waals surface area contributed by atoms with Crippen molar-refractivity contribution in [1.82, 2.24) is 0 Å². The number of ether oxygens (including phenoxy) is 4. The molecular weight excluding hydrogens is 1490 g/mol. The van der Waals surface area contributed by atoms with Crippen molar-refractivity contribution in [2.45, 2.75) is 547 Å². The Morgan fingerprint density at radius 3 is 0.591 bits per heavy atom. The Bertz CT molecular complexity index is 2170. The van der Waals surface area contributed by atoms with Gasteiger partial charge < -0.3 is 33.8 Å². The molecule has 2 unspecified atom stereocenters. The maximum atomic E-state index is 13.2. The van der Waals surface area contributed by atoms with E-state index in [1.54, 1.807) is 0 Å². The SMILES string of the molecule is CCCCCCCCCCCCCCCCCCCCCCCCC(=O)O[C@H](COC(=O)CCCCCCCCCCCCCCCCCCCCC(C)C)COP(=O)(O)OC[C@@H](O)COP(=O)(O)OC[C@@H](COC(=O)CCCCCCCCCCCCC)OC(=O)CCCCCCCCCCCCCCCCCCCCCCC. The maximum Gasteiger partial charge on any atom is 0.472 e. The van der Waals surface area contributed by atoms with Gasteiger partial charge in [-0.25, -0.2) is 9.13 Å². The minimum atomic E-state index is -4.97. The molecule has 19 heteroatoms. The molecule has 3 N–H and O–H groups in total. The topological polar surface area (TPSA) is 237 Å². The van der Waals surface area contributed by atoms with E-state index in [4.69, 9.17) is 37.0 Å². The van der Waals surface area contributed by atoms with Crippen LogP contribution in [0.1, 0.15) is 529 Å². The Morgan fingerprint density at radius 2 is 0.400 bits per heavy atom. The number of hydrogen-bond donors (Lipinski definition) is 3. The summed E-state index contributed by atoms with van der Waals surface area (Å²) in [5, 5.41) is 10.7. The average molecular weight is 1680 g/mol. The summed E-state index contributed by atoms with van der Waals surface area (Å²) in [7, 11) is -9.94. The maximum absolute atomic E-state index is 13.2. The van der Waals surface area contributed by atoms with E-state index in [9.17, 15) is 43.2 Å². The van der Waals surface area contributed by atoms with E-state index in [-0.39, 0.29) is 25.7 Å². The lowest BCUT2D eigenvalue weighted by molar-refractivity contribution is -0.161. The van der Waals surface area contributed by atoms with Crippen LogP contribution in [-0.2, 0) is 65.4 Å². The highest BCUT2D eigenvalue weighted by Gasteiger charge is 2.31. The number of unbranched alkanes of at least 4 members (excludes halogenated alkanes) is 68. The number of hydrogen-bond acceptors (Lipinski definition) is 15. The third kappa shape index (κ3) is 89.6. The number of phosphoric ester groups is 2. The highest BCUT2D eigenvalue weighted by Crippen LogP contribution is 2.45. The van der Waals surface area contributed by atoms with Gasteiger partial charge in [0.15, 0.2) is 12.2 Å². The quantitative estimate of drug-likeness (QED) is 0.0222. The van der Waals surface area contributed by atoms with Gasteiger partial charge in [-0.15, -0.1) is 0 Å². The first-order valence-electron chi connectivity index (χ1n) is 49.6. The molecule has 0 aromatic heterocycles. The van der Waals surface area contributed by atoms with E-state index in [0.717, 1.165) is 95.8 Å². The van der Waals surface area contributed by atoms with E-state index >= 15 is 0 Å². The lowest BCUT2D eigenvalue weighted by Crippen LogP contribution is -2.30. The fraction of sp³-hybridized carbons (Fsp3) is 0.958. The van der Waals surface area contributed by atoms with Gasteiger partial charge in [0, 0.05) is 25.7 Å². The van der Waals surface area contributed by atoms with Gasteiger partial charge in [0.25, 0.3) is 0 Å². The average Bonchev–Trinajstić information content (AvgIpc) is 0.899. The molecule has 0 radical (unpaired) electrons. The van der Waals surface area contributed by atoms with E-state index in [1.165, 1.54) is 353 Å². The van der Waals surface area contributed by atoms with Gasteiger partial charge in [-0.2, -0.15) is 0 Å². The monoisotopic (exact) mass is 1680 g/mol. The molecule has 17 nitrogen and oxygen atoms in total. The van der Waals surface area contributed by atoms with E-state index in [0.29, 0.717) is 25.7 Å². The van der Waals surface area contributed by atoms with Crippen molar-refractivity contribution in [2.24, 2.45) is 5.92 Å². The van der Waals surface area contributed by atoms with Crippen LogP contribution in [0.15, 0.2) is 0 Å². The van der Waals surface area contributed by atoms with Gasteiger partial charge in [0.2, 0.25) is 0 Å². The molecule has 0 rings (SSSR count). The molecular formula is C96H188O17P2. The van der Waals surface area contributed by atoms with Crippen LogP contribution in [0.3, 0.4) is 0 Å². The predicted octanol–water partition coefficient (Wildman–Crippen LogP) is 30.3. The standard InChI is InChI=1S/C96H188O17P2/c1-6-9-12-15-18-21-24-26-28-30-32-34-36-38-44-48-52-57-62-67-72-77-82-96(101)113-92(86-107-94(99)80-75-70-65-60-55-50-46-42-40-39-41-45-49-54-58-63-68-73-78-89(4)5)88-111-115(104,105)109-84-90(97)83-108-114(102,103)110-87-91(85-106-93(98)79-74-69-64-59-53-23-20-17-14-11-8-3)112-95(100)81-76-71-66-61-56-51-47-43-37-35-33-31-29-27-25-22-19-16-13-10-7-2/h89-92,97H,6-88H2,1-5H3,(H,102,103)(H,104,105)/t90-,91+,92+/m0/s1. The number of rotatable bonds is 96. The third-order valence-electron chi connectivity index (χ3n) is 22.8. The largest absolute Gasteiger partial charge is 0.472 e. The normalized spacial score (nSPS) is 13.6. The van der Waals surface area contributed by atoms with Crippen LogP contribution in [-0.4, -0.2) is 96.7 Å². The first-order valence-corrected chi connectivity index (χ1v) is 52.6. The Labute approximate surface area is 708 Å². The van der Waals surface area contributed by atoms with Crippen molar-refractivity contribution in [3.8, 4) is 0 Å². The second-order valence-corrected chi connectivity index (χ2v) is 37.8. The van der Waals surface area contributed by atoms with Gasteiger partial charge in [0.05, 0.1) is 26.4 Å². The van der Waals surface area contributed by atoms with E-state index < -0.39 is 97.5 Å². The lowest BCUT2D eigenvalue weighted by Gasteiger charge is -2.21. The molecule has 0 bridgehead atoms. The van der Waals surface area contributed by atoms with Gasteiger partial charge in [-0.3, -0.25) is 37.3 Å². The van der Waals surface area contributed by atoms with Gasteiger partial charge in [0.1, 0.15) is 19.3 Å². The molecule has 684 valence electrons. The van der Waals surface area contributed by atoms with Crippen LogP contribution >= 0.6 is 15.6 Å².